The van der Waals surface area contributed by atoms with Gasteiger partial charge in [-0.2, -0.15) is 0 Å². The number of aromatic nitrogens is 1. The Labute approximate surface area is 211 Å². The minimum Gasteiger partial charge on any atom is -0.487 e. The Balaban J connectivity index is 1.25. The van der Waals surface area contributed by atoms with E-state index in [0.717, 1.165) is 24.8 Å². The summed E-state index contributed by atoms with van der Waals surface area (Å²) in [7, 11) is -3.39. The highest BCUT2D eigenvalue weighted by Crippen LogP contribution is 2.46. The number of amides is 1. The van der Waals surface area contributed by atoms with Crippen LogP contribution in [0.3, 0.4) is 0 Å². The van der Waals surface area contributed by atoms with Crippen LogP contribution < -0.4 is 4.74 Å². The lowest BCUT2D eigenvalue weighted by molar-refractivity contribution is -0.0874. The first-order valence-corrected chi connectivity index (χ1v) is 14.4. The number of carbonyl (C=O) groups is 1. The number of carbonyl (C=O) groups excluding carboxylic acids is 1. The Kier molecular flexibility index (Phi) is 6.80. The van der Waals surface area contributed by atoms with Gasteiger partial charge in [0.15, 0.2) is 9.84 Å². The van der Waals surface area contributed by atoms with E-state index in [0.29, 0.717) is 38.1 Å². The quantitative estimate of drug-likeness (QED) is 0.552. The molecule has 2 aliphatic heterocycles. The lowest BCUT2D eigenvalue weighted by Crippen LogP contribution is -2.52. The molecule has 1 aromatic heterocycles. The van der Waals surface area contributed by atoms with Crippen molar-refractivity contribution in [3.05, 3.63) is 53.6 Å². The summed E-state index contributed by atoms with van der Waals surface area (Å²) in [4.78, 5) is 19.2. The third kappa shape index (κ3) is 5.13. The van der Waals surface area contributed by atoms with Gasteiger partial charge in [0.25, 0.3) is 5.91 Å². The number of hydrogen-bond donors (Lipinski definition) is 0. The van der Waals surface area contributed by atoms with E-state index in [4.69, 9.17) is 9.47 Å². The van der Waals surface area contributed by atoms with Gasteiger partial charge in [0.05, 0.1) is 22.9 Å². The van der Waals surface area contributed by atoms with E-state index in [9.17, 15) is 17.6 Å². The molecule has 0 unspecified atom stereocenters. The summed E-state index contributed by atoms with van der Waals surface area (Å²) in [5.41, 5.74) is 0.470. The molecule has 1 atom stereocenters. The zero-order chi connectivity index (χ0) is 25.5. The molecule has 7 nitrogen and oxygen atoms in total. The van der Waals surface area contributed by atoms with Gasteiger partial charge >= 0.3 is 0 Å². The van der Waals surface area contributed by atoms with E-state index in [1.165, 1.54) is 30.5 Å². The van der Waals surface area contributed by atoms with Crippen LogP contribution in [0.25, 0.3) is 0 Å². The van der Waals surface area contributed by atoms with Gasteiger partial charge in [-0.3, -0.25) is 4.79 Å². The minimum absolute atomic E-state index is 0.0190. The van der Waals surface area contributed by atoms with Crippen LogP contribution >= 0.6 is 0 Å². The molecule has 1 saturated heterocycles. The van der Waals surface area contributed by atoms with E-state index < -0.39 is 15.4 Å². The molecule has 194 valence electrons. The second-order valence-corrected chi connectivity index (χ2v) is 12.6. The fraction of sp³-hybridized carbons (Fsp3) is 0.556. The van der Waals surface area contributed by atoms with Crippen LogP contribution in [0, 0.1) is 11.7 Å². The van der Waals surface area contributed by atoms with E-state index in [2.05, 4.69) is 4.98 Å². The highest BCUT2D eigenvalue weighted by atomic mass is 32.2. The number of rotatable bonds is 6. The third-order valence-electron chi connectivity index (χ3n) is 7.60. The second-order valence-electron chi connectivity index (χ2n) is 10.6. The summed E-state index contributed by atoms with van der Waals surface area (Å²) >= 11 is 0. The molecule has 36 heavy (non-hydrogen) atoms. The van der Waals surface area contributed by atoms with Gasteiger partial charge in [-0.25, -0.2) is 17.8 Å². The average molecular weight is 517 g/mol. The first-order chi connectivity index (χ1) is 17.1. The van der Waals surface area contributed by atoms with Crippen molar-refractivity contribution in [1.29, 1.82) is 0 Å². The Morgan fingerprint density at radius 1 is 1.22 bits per heavy atom. The molecule has 1 aliphatic carbocycles. The summed E-state index contributed by atoms with van der Waals surface area (Å²) < 4.78 is 51.7. The summed E-state index contributed by atoms with van der Waals surface area (Å²) in [5.74, 6) is 0.471. The first-order valence-electron chi connectivity index (χ1n) is 12.8. The van der Waals surface area contributed by atoms with Crippen molar-refractivity contribution in [2.24, 2.45) is 5.92 Å². The highest BCUT2D eigenvalue weighted by molar-refractivity contribution is 7.91. The number of likely N-dealkylation sites (tertiary alicyclic amines) is 1. The molecule has 0 bridgehead atoms. The molecule has 1 aromatic carbocycles. The van der Waals surface area contributed by atoms with Gasteiger partial charge in [-0.05, 0) is 62.9 Å². The SMILES string of the molecule is CC(C)O[C@@H]1CC2(CCN(C(=O)c3ccc(S(=O)(=O)CC4CCC4)cn3)CC2)Oc2ccc(F)cc21. The number of nitrogens with zero attached hydrogens (tertiary/aromatic N) is 2. The Morgan fingerprint density at radius 2 is 1.97 bits per heavy atom. The van der Waals surface area contributed by atoms with E-state index >= 15 is 0 Å². The minimum atomic E-state index is -3.39. The van der Waals surface area contributed by atoms with Crippen LogP contribution in [0.2, 0.25) is 0 Å². The summed E-state index contributed by atoms with van der Waals surface area (Å²) in [6.45, 7) is 4.87. The Bertz CT molecular complexity index is 1220. The van der Waals surface area contributed by atoms with Gasteiger partial charge in [0, 0.05) is 44.1 Å². The number of halogens is 1. The van der Waals surface area contributed by atoms with Crippen LogP contribution in [-0.4, -0.2) is 54.8 Å². The summed E-state index contributed by atoms with van der Waals surface area (Å²) in [6.07, 6.45) is 5.83. The molecule has 1 saturated carbocycles. The Hall–Kier alpha value is -2.52. The molecule has 2 fully saturated rings. The predicted molar refractivity (Wildman–Crippen MR) is 132 cm³/mol. The van der Waals surface area contributed by atoms with Crippen LogP contribution in [0.4, 0.5) is 4.39 Å². The summed E-state index contributed by atoms with van der Waals surface area (Å²) in [6, 6.07) is 7.53. The number of pyridine rings is 1. The van der Waals surface area contributed by atoms with Crippen molar-refractivity contribution >= 4 is 15.7 Å². The maximum atomic E-state index is 13.9. The van der Waals surface area contributed by atoms with E-state index in [1.807, 2.05) is 13.8 Å². The molecule has 5 rings (SSSR count). The maximum Gasteiger partial charge on any atom is 0.272 e. The lowest BCUT2D eigenvalue weighted by Gasteiger charge is -2.47. The van der Waals surface area contributed by atoms with Gasteiger partial charge in [0.1, 0.15) is 22.9 Å². The molecule has 9 heteroatoms. The maximum absolute atomic E-state index is 13.9. The van der Waals surface area contributed by atoms with Crippen LogP contribution in [0.5, 0.6) is 5.75 Å². The number of benzene rings is 1. The highest BCUT2D eigenvalue weighted by Gasteiger charge is 2.45. The third-order valence-corrected chi connectivity index (χ3v) is 9.47. The van der Waals surface area contributed by atoms with Crippen molar-refractivity contribution in [3.8, 4) is 5.75 Å². The zero-order valence-corrected chi connectivity index (χ0v) is 21.6. The molecule has 2 aromatic rings. The van der Waals surface area contributed by atoms with Crippen molar-refractivity contribution in [2.75, 3.05) is 18.8 Å². The molecular formula is C27H33FN2O5S. The van der Waals surface area contributed by atoms with Crippen LogP contribution in [0.15, 0.2) is 41.4 Å². The van der Waals surface area contributed by atoms with Crippen molar-refractivity contribution in [2.45, 2.75) is 75.1 Å². The van der Waals surface area contributed by atoms with E-state index in [1.54, 1.807) is 11.0 Å². The lowest BCUT2D eigenvalue weighted by atomic mass is 9.81. The molecule has 3 aliphatic rings. The predicted octanol–water partition coefficient (Wildman–Crippen LogP) is 4.72. The number of fused-ring (bicyclic) bond motifs is 1. The van der Waals surface area contributed by atoms with Gasteiger partial charge in [0.2, 0.25) is 0 Å². The molecular weight excluding hydrogens is 483 g/mol. The van der Waals surface area contributed by atoms with Crippen molar-refractivity contribution in [1.82, 2.24) is 9.88 Å². The molecule has 0 radical (unpaired) electrons. The number of ether oxygens (including phenoxy) is 2. The molecule has 3 heterocycles. The first kappa shape index (κ1) is 25.1. The molecule has 1 amide bonds. The Morgan fingerprint density at radius 3 is 2.58 bits per heavy atom. The number of piperidine rings is 1. The van der Waals surface area contributed by atoms with Gasteiger partial charge in [-0.15, -0.1) is 0 Å². The topological polar surface area (TPSA) is 85.8 Å². The number of hydrogen-bond acceptors (Lipinski definition) is 6. The largest absolute Gasteiger partial charge is 0.487 e. The van der Waals surface area contributed by atoms with Crippen LogP contribution in [0.1, 0.15) is 74.5 Å². The molecule has 0 N–H and O–H groups in total. The average Bonchev–Trinajstić information content (AvgIpc) is 2.82. The van der Waals surface area contributed by atoms with Gasteiger partial charge in [-0.1, -0.05) is 6.42 Å². The fourth-order valence-corrected chi connectivity index (χ4v) is 7.01. The smallest absolute Gasteiger partial charge is 0.272 e. The van der Waals surface area contributed by atoms with Crippen LogP contribution in [-0.2, 0) is 14.6 Å². The fourth-order valence-electron chi connectivity index (χ4n) is 5.38. The van der Waals surface area contributed by atoms with E-state index in [-0.39, 0.29) is 46.2 Å². The monoisotopic (exact) mass is 516 g/mol. The standard InChI is InChI=1S/C27H33FN2O5S/c1-18(2)34-25-15-27(35-24-9-6-20(28)14-22(24)25)10-12-30(13-11-27)26(31)23-8-7-21(16-29-23)36(32,33)17-19-4-3-5-19/h6-9,14,16,18-19,25H,3-5,10-13,15,17H2,1-2H3/t25-/m1/s1. The molecule has 1 spiro atoms. The second kappa shape index (κ2) is 9.74. The normalized spacial score (nSPS) is 21.7. The van der Waals surface area contributed by atoms with Gasteiger partial charge < -0.3 is 14.4 Å². The van der Waals surface area contributed by atoms with Crippen molar-refractivity contribution in [3.63, 3.8) is 0 Å². The zero-order valence-electron chi connectivity index (χ0n) is 20.8. The number of sulfone groups is 1. The summed E-state index contributed by atoms with van der Waals surface area (Å²) in [5, 5.41) is 0. The van der Waals surface area contributed by atoms with Crippen molar-refractivity contribution < 1.29 is 27.1 Å².